The number of para-hydroxylation sites is 6. The van der Waals surface area contributed by atoms with Crippen LogP contribution in [0, 0.1) is 0 Å². The lowest BCUT2D eigenvalue weighted by atomic mass is 10.2. The highest BCUT2D eigenvalue weighted by atomic mass is 31.3. The first-order valence-corrected chi connectivity index (χ1v) is 20.9. The third kappa shape index (κ3) is 8.69. The second-order valence-corrected chi connectivity index (χ2v) is 17.0. The zero-order valence-corrected chi connectivity index (χ0v) is 31.8. The quantitative estimate of drug-likeness (QED) is 0.0854. The molecule has 6 aromatic carbocycles. The fourth-order valence-electron chi connectivity index (χ4n) is 5.15. The first-order chi connectivity index (χ1) is 26.6. The molecule has 0 fully saturated rings. The van der Waals surface area contributed by atoms with Gasteiger partial charge in [0.1, 0.15) is 34.5 Å². The van der Waals surface area contributed by atoms with Gasteiger partial charge in [0, 0.05) is 45.5 Å². The van der Waals surface area contributed by atoms with Crippen molar-refractivity contribution in [2.75, 3.05) is 0 Å². The summed E-state index contributed by atoms with van der Waals surface area (Å²) in [7, 11) is -8.41. The van der Waals surface area contributed by atoms with Crippen LogP contribution in [0.2, 0.25) is 0 Å². The zero-order chi connectivity index (χ0) is 37.2. The van der Waals surface area contributed by atoms with E-state index in [1.165, 1.54) is 4.60 Å². The highest BCUT2D eigenvalue weighted by molar-refractivity contribution is 7.78. The minimum Gasteiger partial charge on any atom is -0.440 e. The summed E-state index contributed by atoms with van der Waals surface area (Å²) in [6.45, 7) is 0.587. The van der Waals surface area contributed by atoms with Crippen LogP contribution in [-0.2, 0) is 19.6 Å². The minimum atomic E-state index is -3.96. The van der Waals surface area contributed by atoms with Gasteiger partial charge in [-0.15, -0.1) is 4.52 Å². The van der Waals surface area contributed by atoms with Crippen molar-refractivity contribution in [1.82, 2.24) is 9.21 Å². The van der Waals surface area contributed by atoms with E-state index in [2.05, 4.69) is 0 Å². The highest BCUT2D eigenvalue weighted by Gasteiger charge is 2.58. The molecule has 15 heteroatoms. The van der Waals surface area contributed by atoms with Gasteiger partial charge in [0.2, 0.25) is 0 Å². The number of hydrogen-bond donors (Lipinski definition) is 3. The van der Waals surface area contributed by atoms with E-state index < -0.39 is 24.6 Å². The van der Waals surface area contributed by atoms with Gasteiger partial charge >= 0.3 is 24.6 Å². The molecular weight excluding hydrogens is 741 g/mol. The molecule has 0 radical (unpaired) electrons. The molecule has 7 rings (SSSR count). The van der Waals surface area contributed by atoms with Gasteiger partial charge in [-0.25, -0.2) is 0 Å². The van der Waals surface area contributed by atoms with Gasteiger partial charge in [0.05, 0.1) is 0 Å². The van der Waals surface area contributed by atoms with Crippen LogP contribution in [0.25, 0.3) is 0 Å². The average molecular weight is 781 g/mol. The molecule has 0 aliphatic carbocycles. The second-order valence-electron chi connectivity index (χ2n) is 11.5. The minimum absolute atomic E-state index is 0.183. The van der Waals surface area contributed by atoms with Gasteiger partial charge < -0.3 is 45.0 Å². The van der Waals surface area contributed by atoms with E-state index >= 15 is 0 Å². The molecule has 0 saturated carbocycles. The Balaban J connectivity index is 1.52. The molecule has 54 heavy (non-hydrogen) atoms. The molecule has 0 aromatic heterocycles. The van der Waals surface area contributed by atoms with Crippen molar-refractivity contribution in [3.05, 3.63) is 180 Å². The van der Waals surface area contributed by atoms with Crippen LogP contribution in [0.5, 0.6) is 34.5 Å². The first kappa shape index (κ1) is 37.3. The smallest absolute Gasteiger partial charge is 0.440 e. The fourth-order valence-corrected chi connectivity index (χ4v) is 12.8. The zero-order valence-electron chi connectivity index (χ0n) is 29.1. The van der Waals surface area contributed by atoms with E-state index in [0.717, 1.165) is 16.7 Å². The molecule has 0 saturated heterocycles. The van der Waals surface area contributed by atoms with Crippen LogP contribution in [-0.4, -0.2) is 9.21 Å². The molecule has 276 valence electrons. The lowest BCUT2D eigenvalue weighted by Crippen LogP contribution is -2.37. The third-order valence-corrected chi connectivity index (χ3v) is 14.6. The summed E-state index contributed by atoms with van der Waals surface area (Å²) in [5.74, 6) is 2.88. The van der Waals surface area contributed by atoms with E-state index in [0.29, 0.717) is 34.5 Å². The summed E-state index contributed by atoms with van der Waals surface area (Å²) in [5.41, 5.74) is 21.0. The molecule has 0 spiro atoms. The average Bonchev–Trinajstić information content (AvgIpc) is 3.22. The molecule has 0 bridgehead atoms. The third-order valence-electron chi connectivity index (χ3n) is 7.83. The maximum absolute atomic E-state index is 7.11. The van der Waals surface area contributed by atoms with Crippen molar-refractivity contribution >= 4 is 24.6 Å². The van der Waals surface area contributed by atoms with Crippen molar-refractivity contribution in [2.45, 2.75) is 19.6 Å². The van der Waals surface area contributed by atoms with E-state index in [4.69, 9.17) is 49.5 Å². The molecule has 1 aliphatic rings. The predicted octanol–water partition coefficient (Wildman–Crippen LogP) is 9.68. The lowest BCUT2D eigenvalue weighted by molar-refractivity contribution is 0.0544. The van der Waals surface area contributed by atoms with E-state index in [1.807, 2.05) is 164 Å². The molecule has 12 nitrogen and oxygen atoms in total. The molecule has 6 N–H and O–H groups in total. The molecule has 6 aromatic rings. The van der Waals surface area contributed by atoms with Crippen LogP contribution < -0.4 is 45.0 Å². The van der Waals surface area contributed by atoms with Gasteiger partial charge in [-0.1, -0.05) is 109 Å². The summed E-state index contributed by atoms with van der Waals surface area (Å²) in [6.07, 6.45) is 0. The Morgan fingerprint density at radius 3 is 1.37 bits per heavy atom. The van der Waals surface area contributed by atoms with Crippen molar-refractivity contribution in [2.24, 2.45) is 21.7 Å². The van der Waals surface area contributed by atoms with Crippen LogP contribution >= 0.6 is 24.6 Å². The molecule has 1 heterocycles. The van der Waals surface area contributed by atoms with E-state index in [-0.39, 0.29) is 19.6 Å². The summed E-state index contributed by atoms with van der Waals surface area (Å²) < 4.78 is 36.5. The monoisotopic (exact) mass is 780 g/mol. The highest BCUT2D eigenvalue weighted by Crippen LogP contribution is 2.78. The van der Waals surface area contributed by atoms with Crippen LogP contribution in [0.15, 0.2) is 168 Å². The molecular formula is C39H39N6O6P3. The van der Waals surface area contributed by atoms with Gasteiger partial charge in [-0.3, -0.25) is 0 Å². The van der Waals surface area contributed by atoms with Gasteiger partial charge in [0.25, 0.3) is 0 Å². The van der Waals surface area contributed by atoms with Crippen LogP contribution in [0.3, 0.4) is 0 Å². The van der Waals surface area contributed by atoms with Crippen molar-refractivity contribution in [1.29, 1.82) is 0 Å². The SMILES string of the molecule is NCc1ccccc1OP1N=P(Oc2ccccc2CN)(Oc2ccccc2CN)N(Oc2ccccc2)P(Oc2ccccc2)N1Oc1ccccc1. The Kier molecular flexibility index (Phi) is 12.4. The predicted molar refractivity (Wildman–Crippen MR) is 213 cm³/mol. The number of benzene rings is 6. The summed E-state index contributed by atoms with van der Waals surface area (Å²) in [4.78, 5) is 13.6. The Hall–Kier alpha value is -4.99. The molecule has 1 aliphatic heterocycles. The normalized spacial score (nSPS) is 16.8. The Morgan fingerprint density at radius 1 is 0.463 bits per heavy atom. The maximum atomic E-state index is 7.11. The standard InChI is InChI=1S/C39H39N6O6P3/c40-28-31-16-10-13-25-37(31)49-52-43-54(50-38-26-14-11-17-32(38)29-41,51-39-27-15-12-18-33(39)30-42)45(47-35-21-6-2-7-22-35)53(48-36-23-8-3-9-24-36)44(52)46-34-19-4-1-5-20-34/h1-27H,28-30,40-42H2. The van der Waals surface area contributed by atoms with Crippen LogP contribution in [0.1, 0.15) is 16.7 Å². The summed E-state index contributed by atoms with van der Waals surface area (Å²) >= 11 is 0. The molecule has 0 amide bonds. The summed E-state index contributed by atoms with van der Waals surface area (Å²) in [5, 5.41) is 0. The van der Waals surface area contributed by atoms with E-state index in [9.17, 15) is 0 Å². The van der Waals surface area contributed by atoms with Gasteiger partial charge in [-0.2, -0.15) is 0 Å². The molecule has 2 unspecified atom stereocenters. The number of nitrogens with zero attached hydrogens (tertiary/aromatic N) is 3. The molecule has 2 atom stereocenters. The fraction of sp³-hybridized carbons (Fsp3) is 0.0769. The number of rotatable bonds is 15. The Labute approximate surface area is 317 Å². The Bertz CT molecular complexity index is 2120. The second kappa shape index (κ2) is 17.9. The summed E-state index contributed by atoms with van der Waals surface area (Å²) in [6, 6.07) is 50.3. The number of nitrogens with two attached hydrogens (primary N) is 3. The topological polar surface area (TPSA) is 152 Å². The maximum Gasteiger partial charge on any atom is 0.447 e. The largest absolute Gasteiger partial charge is 0.447 e. The van der Waals surface area contributed by atoms with Crippen molar-refractivity contribution < 1.29 is 27.8 Å². The van der Waals surface area contributed by atoms with Gasteiger partial charge in [0.15, 0.2) is 0 Å². The lowest BCUT2D eigenvalue weighted by Gasteiger charge is -2.44. The first-order valence-electron chi connectivity index (χ1n) is 17.0. The Morgan fingerprint density at radius 2 is 0.870 bits per heavy atom. The van der Waals surface area contributed by atoms with Crippen LogP contribution in [0.4, 0.5) is 0 Å². The number of hydrogen-bond acceptors (Lipinski definition) is 12. The van der Waals surface area contributed by atoms with Crippen molar-refractivity contribution in [3.63, 3.8) is 0 Å². The van der Waals surface area contributed by atoms with Gasteiger partial charge in [-0.05, 0) is 54.6 Å². The van der Waals surface area contributed by atoms with Crippen molar-refractivity contribution in [3.8, 4) is 34.5 Å². The van der Waals surface area contributed by atoms with E-state index in [1.54, 1.807) is 4.60 Å².